The number of hydrogen-bond donors (Lipinski definition) is 2. The third-order valence-electron chi connectivity index (χ3n) is 2.88. The highest BCUT2D eigenvalue weighted by atomic mass is 35.5. The minimum Gasteiger partial charge on any atom is -0.392 e. The molecule has 2 bridgehead atoms. The second-order valence-electron chi connectivity index (χ2n) is 3.60. The molecule has 0 aromatic carbocycles. The second-order valence-corrected chi connectivity index (χ2v) is 3.60. The van der Waals surface area contributed by atoms with Crippen molar-refractivity contribution in [3.63, 3.8) is 0 Å². The molecule has 2 fully saturated rings. The molecule has 66 valence electrons. The number of fused-ring (bicyclic) bond motifs is 2. The van der Waals surface area contributed by atoms with Gasteiger partial charge in [-0.1, -0.05) is 0 Å². The molecule has 1 heterocycles. The van der Waals surface area contributed by atoms with E-state index in [2.05, 4.69) is 5.32 Å². The Bertz CT molecular complexity index is 129. The molecular formula is C8H16ClNO. The molecule has 0 aromatic heterocycles. The molecule has 0 amide bonds. The summed E-state index contributed by atoms with van der Waals surface area (Å²) in [4.78, 5) is 0. The van der Waals surface area contributed by atoms with Crippen molar-refractivity contribution in [2.45, 2.75) is 37.8 Å². The summed E-state index contributed by atoms with van der Waals surface area (Å²) in [6, 6.07) is 0.424. The van der Waals surface area contributed by atoms with Crippen molar-refractivity contribution in [2.75, 3.05) is 6.54 Å². The largest absolute Gasteiger partial charge is 0.392 e. The minimum atomic E-state index is -0.0588. The van der Waals surface area contributed by atoms with Gasteiger partial charge in [0.15, 0.2) is 0 Å². The Balaban J connectivity index is 0.000000605. The van der Waals surface area contributed by atoms with Crippen LogP contribution in [-0.4, -0.2) is 23.8 Å². The van der Waals surface area contributed by atoms with Crippen LogP contribution >= 0.6 is 12.4 Å². The van der Waals surface area contributed by atoms with E-state index in [1.165, 1.54) is 19.3 Å². The van der Waals surface area contributed by atoms with Gasteiger partial charge in [0.1, 0.15) is 0 Å². The summed E-state index contributed by atoms with van der Waals surface area (Å²) in [7, 11) is 0. The Labute approximate surface area is 73.8 Å². The molecule has 2 rings (SSSR count). The van der Waals surface area contributed by atoms with E-state index >= 15 is 0 Å². The summed E-state index contributed by atoms with van der Waals surface area (Å²) in [6.07, 6.45) is 4.74. The average Bonchev–Trinajstić information content (AvgIpc) is 1.99. The zero-order valence-electron chi connectivity index (χ0n) is 6.62. The standard InChI is InChI=1S/C8H15NO.ClH/c10-8-2-1-6-3-4-9-7(8)5-6;/h6-10H,1-5H2;1H. The molecule has 0 spiro atoms. The highest BCUT2D eigenvalue weighted by Gasteiger charge is 2.31. The topological polar surface area (TPSA) is 32.3 Å². The minimum absolute atomic E-state index is 0. The van der Waals surface area contributed by atoms with E-state index < -0.39 is 0 Å². The number of piperidine rings is 1. The lowest BCUT2D eigenvalue weighted by atomic mass is 9.79. The lowest BCUT2D eigenvalue weighted by Gasteiger charge is -2.38. The number of rotatable bonds is 0. The van der Waals surface area contributed by atoms with Gasteiger partial charge in [0.05, 0.1) is 6.10 Å². The molecular weight excluding hydrogens is 162 g/mol. The SMILES string of the molecule is Cl.OC1CCC2CCNC1C2. The maximum absolute atomic E-state index is 9.46. The Hall–Kier alpha value is 0.210. The van der Waals surface area contributed by atoms with Crippen molar-refractivity contribution in [1.29, 1.82) is 0 Å². The Morgan fingerprint density at radius 3 is 2.73 bits per heavy atom. The third-order valence-corrected chi connectivity index (χ3v) is 2.88. The van der Waals surface area contributed by atoms with Crippen LogP contribution in [0.15, 0.2) is 0 Å². The predicted molar refractivity (Wildman–Crippen MR) is 47.0 cm³/mol. The summed E-state index contributed by atoms with van der Waals surface area (Å²) in [5.41, 5.74) is 0. The second kappa shape index (κ2) is 3.74. The van der Waals surface area contributed by atoms with Crippen LogP contribution in [0.5, 0.6) is 0 Å². The molecule has 11 heavy (non-hydrogen) atoms. The van der Waals surface area contributed by atoms with Gasteiger partial charge in [0.2, 0.25) is 0 Å². The summed E-state index contributed by atoms with van der Waals surface area (Å²) in [5.74, 6) is 0.912. The molecule has 0 aromatic rings. The fraction of sp³-hybridized carbons (Fsp3) is 1.00. The molecule has 1 aliphatic carbocycles. The average molecular weight is 178 g/mol. The molecule has 1 saturated carbocycles. The van der Waals surface area contributed by atoms with Crippen LogP contribution in [0.2, 0.25) is 0 Å². The van der Waals surface area contributed by atoms with Crippen LogP contribution in [0.1, 0.15) is 25.7 Å². The van der Waals surface area contributed by atoms with Crippen molar-refractivity contribution in [1.82, 2.24) is 5.32 Å². The fourth-order valence-electron chi connectivity index (χ4n) is 2.20. The van der Waals surface area contributed by atoms with Crippen molar-refractivity contribution < 1.29 is 5.11 Å². The normalized spacial score (nSPS) is 42.8. The first-order valence-corrected chi connectivity index (χ1v) is 4.28. The van der Waals surface area contributed by atoms with E-state index in [1.807, 2.05) is 0 Å². The zero-order chi connectivity index (χ0) is 6.97. The van der Waals surface area contributed by atoms with Crippen LogP contribution < -0.4 is 5.32 Å². The lowest BCUT2D eigenvalue weighted by molar-refractivity contribution is 0.0508. The van der Waals surface area contributed by atoms with Crippen LogP contribution in [0.4, 0.5) is 0 Å². The highest BCUT2D eigenvalue weighted by Crippen LogP contribution is 2.29. The van der Waals surface area contributed by atoms with E-state index in [4.69, 9.17) is 0 Å². The maximum atomic E-state index is 9.46. The van der Waals surface area contributed by atoms with Gasteiger partial charge in [-0.2, -0.15) is 0 Å². The monoisotopic (exact) mass is 177 g/mol. The van der Waals surface area contributed by atoms with E-state index in [-0.39, 0.29) is 18.5 Å². The predicted octanol–water partition coefficient (Wildman–Crippen LogP) is 0.931. The molecule has 3 atom stereocenters. The molecule has 2 nitrogen and oxygen atoms in total. The molecule has 2 aliphatic rings. The van der Waals surface area contributed by atoms with Gasteiger partial charge in [-0.05, 0) is 38.1 Å². The maximum Gasteiger partial charge on any atom is 0.0693 e. The number of aliphatic hydroxyl groups excluding tert-OH is 1. The fourth-order valence-corrected chi connectivity index (χ4v) is 2.20. The quantitative estimate of drug-likeness (QED) is 0.577. The van der Waals surface area contributed by atoms with Crippen molar-refractivity contribution in [3.05, 3.63) is 0 Å². The van der Waals surface area contributed by atoms with Crippen LogP contribution in [0.25, 0.3) is 0 Å². The first-order valence-electron chi connectivity index (χ1n) is 4.28. The van der Waals surface area contributed by atoms with Gasteiger partial charge >= 0.3 is 0 Å². The van der Waals surface area contributed by atoms with Crippen LogP contribution in [0, 0.1) is 5.92 Å². The molecule has 3 unspecified atom stereocenters. The molecule has 1 saturated heterocycles. The van der Waals surface area contributed by atoms with Gasteiger partial charge in [-0.15, -0.1) is 12.4 Å². The summed E-state index contributed by atoms with van der Waals surface area (Å²) in [6.45, 7) is 1.12. The van der Waals surface area contributed by atoms with Crippen molar-refractivity contribution in [3.8, 4) is 0 Å². The summed E-state index contributed by atoms with van der Waals surface area (Å²) in [5, 5.41) is 12.8. The van der Waals surface area contributed by atoms with Gasteiger partial charge in [0.25, 0.3) is 0 Å². The van der Waals surface area contributed by atoms with Gasteiger partial charge in [-0.25, -0.2) is 0 Å². The summed E-state index contributed by atoms with van der Waals surface area (Å²) < 4.78 is 0. The van der Waals surface area contributed by atoms with Gasteiger partial charge in [0, 0.05) is 6.04 Å². The third kappa shape index (κ3) is 1.86. The summed E-state index contributed by atoms with van der Waals surface area (Å²) >= 11 is 0. The number of aliphatic hydroxyl groups is 1. The van der Waals surface area contributed by atoms with Crippen molar-refractivity contribution in [2.24, 2.45) is 5.92 Å². The molecule has 0 radical (unpaired) electrons. The van der Waals surface area contributed by atoms with Crippen LogP contribution in [0.3, 0.4) is 0 Å². The van der Waals surface area contributed by atoms with E-state index in [9.17, 15) is 5.11 Å². The Kier molecular flexibility index (Phi) is 3.16. The first kappa shape index (κ1) is 9.30. The smallest absolute Gasteiger partial charge is 0.0693 e. The van der Waals surface area contributed by atoms with E-state index in [0.29, 0.717) is 6.04 Å². The Morgan fingerprint density at radius 2 is 2.00 bits per heavy atom. The zero-order valence-corrected chi connectivity index (χ0v) is 7.44. The van der Waals surface area contributed by atoms with Crippen LogP contribution in [-0.2, 0) is 0 Å². The van der Waals surface area contributed by atoms with Crippen molar-refractivity contribution >= 4 is 12.4 Å². The molecule has 2 N–H and O–H groups in total. The van der Waals surface area contributed by atoms with E-state index in [0.717, 1.165) is 18.9 Å². The number of hydrogen-bond acceptors (Lipinski definition) is 2. The van der Waals surface area contributed by atoms with Gasteiger partial charge in [-0.3, -0.25) is 0 Å². The highest BCUT2D eigenvalue weighted by molar-refractivity contribution is 5.85. The molecule has 1 aliphatic heterocycles. The Morgan fingerprint density at radius 1 is 1.18 bits per heavy atom. The van der Waals surface area contributed by atoms with Gasteiger partial charge < -0.3 is 10.4 Å². The number of halogens is 1. The lowest BCUT2D eigenvalue weighted by Crippen LogP contribution is -2.49. The van der Waals surface area contributed by atoms with E-state index in [1.54, 1.807) is 0 Å². The molecule has 3 heteroatoms. The number of nitrogens with one attached hydrogen (secondary N) is 1. The first-order chi connectivity index (χ1) is 4.86.